The minimum atomic E-state index is -0.456. The number of anilines is 1. The molecule has 0 unspecified atom stereocenters. The van der Waals surface area contributed by atoms with Crippen molar-refractivity contribution in [1.82, 2.24) is 29.6 Å². The molecule has 2 N–H and O–H groups in total. The summed E-state index contributed by atoms with van der Waals surface area (Å²) in [5.74, 6) is 0.350. The fourth-order valence-electron chi connectivity index (χ4n) is 3.46. The quantitative estimate of drug-likeness (QED) is 0.394. The van der Waals surface area contributed by atoms with E-state index in [1.807, 2.05) is 30.3 Å². The number of hydrogen-bond acceptors (Lipinski definition) is 7. The molecule has 2 amide bonds. The number of aromatic nitrogens is 5. The number of carbonyl (C=O) groups is 2. The van der Waals surface area contributed by atoms with Crippen molar-refractivity contribution >= 4 is 17.8 Å². The summed E-state index contributed by atoms with van der Waals surface area (Å²) in [4.78, 5) is 49.8. The highest BCUT2D eigenvalue weighted by atomic mass is 16.5. The summed E-state index contributed by atoms with van der Waals surface area (Å²) < 4.78 is 8.80. The third-order valence-corrected chi connectivity index (χ3v) is 5.28. The summed E-state index contributed by atoms with van der Waals surface area (Å²) in [6.45, 7) is 1.74. The number of hydrogen-bond donors (Lipinski definition) is 2. The molecule has 0 atom stereocenters. The maximum Gasteiger partial charge on any atom is 0.321 e. The number of nitrogens with zero attached hydrogens (tertiary/aromatic N) is 5. The number of urea groups is 1. The molecule has 4 aromatic rings. The molecule has 0 fully saturated rings. The molecule has 11 nitrogen and oxygen atoms in total. The van der Waals surface area contributed by atoms with Crippen molar-refractivity contribution in [3.05, 3.63) is 88.2 Å². The lowest BCUT2D eigenvalue weighted by atomic mass is 10.1. The van der Waals surface area contributed by atoms with E-state index in [9.17, 15) is 14.4 Å². The molecular weight excluding hydrogens is 450 g/mol. The molecular formula is C24H23N7O4. The van der Waals surface area contributed by atoms with Gasteiger partial charge >= 0.3 is 6.03 Å². The second kappa shape index (κ2) is 10.00. The maximum absolute atomic E-state index is 13.1. The molecule has 4 rings (SSSR count). The Morgan fingerprint density at radius 2 is 1.83 bits per heavy atom. The number of ketones is 1. The zero-order valence-electron chi connectivity index (χ0n) is 19.3. The van der Waals surface area contributed by atoms with Gasteiger partial charge in [0, 0.05) is 37.7 Å². The Balaban J connectivity index is 1.48. The maximum atomic E-state index is 13.1. The summed E-state index contributed by atoms with van der Waals surface area (Å²) >= 11 is 0. The highest BCUT2D eigenvalue weighted by molar-refractivity contribution is 5.98. The lowest BCUT2D eigenvalue weighted by Gasteiger charge is -2.07. The normalized spacial score (nSPS) is 10.6. The molecule has 3 aromatic heterocycles. The number of pyridine rings is 1. The van der Waals surface area contributed by atoms with E-state index in [2.05, 4.69) is 25.6 Å². The Kier molecular flexibility index (Phi) is 6.67. The standard InChI is InChI=1S/C24H23N7O4/c1-15-21(22(33)31(30(15)3)17-7-5-4-6-8-17)19(32)13-16-9-10-18(14-27-16)35-20-11-12-26-23(28-20)29-24(34)25-2/h4-12,14H,13H2,1-3H3,(H2,25,26,28,29,34). The Morgan fingerprint density at radius 1 is 1.06 bits per heavy atom. The van der Waals surface area contributed by atoms with Gasteiger partial charge < -0.3 is 10.1 Å². The van der Waals surface area contributed by atoms with Gasteiger partial charge in [0.15, 0.2) is 5.78 Å². The van der Waals surface area contributed by atoms with Crippen LogP contribution in [-0.4, -0.2) is 43.2 Å². The molecule has 0 saturated heterocycles. The van der Waals surface area contributed by atoms with Gasteiger partial charge in [-0.25, -0.2) is 14.5 Å². The van der Waals surface area contributed by atoms with Gasteiger partial charge in [-0.3, -0.25) is 24.6 Å². The zero-order chi connectivity index (χ0) is 24.9. The summed E-state index contributed by atoms with van der Waals surface area (Å²) in [6.07, 6.45) is 2.86. The molecule has 0 aliphatic rings. The first kappa shape index (κ1) is 23.4. The third-order valence-electron chi connectivity index (χ3n) is 5.28. The Morgan fingerprint density at radius 3 is 2.51 bits per heavy atom. The van der Waals surface area contributed by atoms with Crippen LogP contribution in [0.5, 0.6) is 11.6 Å². The van der Waals surface area contributed by atoms with Gasteiger partial charge in [0.1, 0.15) is 11.3 Å². The van der Waals surface area contributed by atoms with Crippen LogP contribution in [0.15, 0.2) is 65.7 Å². The van der Waals surface area contributed by atoms with Crippen LogP contribution in [-0.2, 0) is 13.5 Å². The number of amides is 2. The van der Waals surface area contributed by atoms with Crippen LogP contribution in [0.25, 0.3) is 5.69 Å². The van der Waals surface area contributed by atoms with E-state index in [1.165, 1.54) is 30.2 Å². The molecule has 0 spiro atoms. The lowest BCUT2D eigenvalue weighted by Crippen LogP contribution is -2.25. The van der Waals surface area contributed by atoms with Gasteiger partial charge in [-0.1, -0.05) is 18.2 Å². The first-order valence-corrected chi connectivity index (χ1v) is 10.7. The molecule has 0 saturated carbocycles. The molecule has 0 aliphatic carbocycles. The van der Waals surface area contributed by atoms with Crippen molar-refractivity contribution in [2.75, 3.05) is 12.4 Å². The van der Waals surface area contributed by atoms with E-state index in [-0.39, 0.29) is 35.2 Å². The minimum Gasteiger partial charge on any atom is -0.437 e. The van der Waals surface area contributed by atoms with Gasteiger partial charge in [-0.05, 0) is 31.2 Å². The predicted molar refractivity (Wildman–Crippen MR) is 128 cm³/mol. The van der Waals surface area contributed by atoms with Crippen molar-refractivity contribution in [3.63, 3.8) is 0 Å². The monoisotopic (exact) mass is 473 g/mol. The van der Waals surface area contributed by atoms with E-state index in [0.29, 0.717) is 22.8 Å². The van der Waals surface area contributed by atoms with Crippen LogP contribution >= 0.6 is 0 Å². The molecule has 1 aromatic carbocycles. The number of rotatable bonds is 7. The van der Waals surface area contributed by atoms with Crippen LogP contribution in [0, 0.1) is 6.92 Å². The largest absolute Gasteiger partial charge is 0.437 e. The lowest BCUT2D eigenvalue weighted by molar-refractivity contribution is 0.0990. The highest BCUT2D eigenvalue weighted by Gasteiger charge is 2.22. The molecule has 3 heterocycles. The first-order valence-electron chi connectivity index (χ1n) is 10.7. The SMILES string of the molecule is CNC(=O)Nc1nccc(Oc2ccc(CC(=O)c3c(C)n(C)n(-c4ccccc4)c3=O)nc2)n1. The average molecular weight is 473 g/mol. The number of nitrogens with one attached hydrogen (secondary N) is 2. The summed E-state index contributed by atoms with van der Waals surface area (Å²) in [5, 5.41) is 4.86. The summed E-state index contributed by atoms with van der Waals surface area (Å²) in [7, 11) is 3.22. The first-order chi connectivity index (χ1) is 16.9. The average Bonchev–Trinajstić information content (AvgIpc) is 3.08. The van der Waals surface area contributed by atoms with E-state index < -0.39 is 6.03 Å². The molecule has 0 radical (unpaired) electrons. The Bertz CT molecular complexity index is 1430. The van der Waals surface area contributed by atoms with Crippen molar-refractivity contribution in [2.24, 2.45) is 7.05 Å². The van der Waals surface area contributed by atoms with Gasteiger partial charge in [0.05, 0.1) is 18.3 Å². The molecule has 0 bridgehead atoms. The third kappa shape index (κ3) is 5.08. The second-order valence-electron chi connectivity index (χ2n) is 7.55. The van der Waals surface area contributed by atoms with Crippen LogP contribution in [0.4, 0.5) is 10.7 Å². The molecule has 11 heteroatoms. The van der Waals surface area contributed by atoms with Crippen LogP contribution in [0.3, 0.4) is 0 Å². The number of benzene rings is 1. The van der Waals surface area contributed by atoms with Crippen LogP contribution < -0.4 is 20.9 Å². The number of ether oxygens (including phenoxy) is 1. The summed E-state index contributed by atoms with van der Waals surface area (Å²) in [6, 6.07) is 13.5. The highest BCUT2D eigenvalue weighted by Crippen LogP contribution is 2.20. The van der Waals surface area contributed by atoms with Gasteiger partial charge in [-0.2, -0.15) is 4.98 Å². The smallest absolute Gasteiger partial charge is 0.321 e. The Hall–Kier alpha value is -4.80. The van der Waals surface area contributed by atoms with Gasteiger partial charge in [-0.15, -0.1) is 0 Å². The number of Topliss-reactive ketones (excluding diaryl/α,β-unsaturated/α-hetero) is 1. The predicted octanol–water partition coefficient (Wildman–Crippen LogP) is 2.64. The molecule has 0 aliphatic heterocycles. The molecule has 178 valence electrons. The summed E-state index contributed by atoms with van der Waals surface area (Å²) in [5.41, 5.74) is 1.51. The van der Waals surface area contributed by atoms with Crippen molar-refractivity contribution in [3.8, 4) is 17.3 Å². The number of para-hydroxylation sites is 1. The van der Waals surface area contributed by atoms with Gasteiger partial charge in [0.2, 0.25) is 11.8 Å². The minimum absolute atomic E-state index is 0.0388. The topological polar surface area (TPSA) is 133 Å². The van der Waals surface area contributed by atoms with Crippen molar-refractivity contribution in [2.45, 2.75) is 13.3 Å². The number of carbonyl (C=O) groups excluding carboxylic acids is 2. The van der Waals surface area contributed by atoms with Crippen molar-refractivity contribution < 1.29 is 14.3 Å². The fraction of sp³-hybridized carbons (Fsp3) is 0.167. The van der Waals surface area contributed by atoms with Crippen molar-refractivity contribution in [1.29, 1.82) is 0 Å². The van der Waals surface area contributed by atoms with Gasteiger partial charge in [0.25, 0.3) is 5.56 Å². The van der Waals surface area contributed by atoms with Crippen LogP contribution in [0.1, 0.15) is 21.7 Å². The zero-order valence-corrected chi connectivity index (χ0v) is 19.3. The second-order valence-corrected chi connectivity index (χ2v) is 7.55. The van der Waals surface area contributed by atoms with Crippen LogP contribution in [0.2, 0.25) is 0 Å². The fourth-order valence-corrected chi connectivity index (χ4v) is 3.46. The molecule has 35 heavy (non-hydrogen) atoms. The van der Waals surface area contributed by atoms with E-state index in [1.54, 1.807) is 30.8 Å². The van der Waals surface area contributed by atoms with E-state index in [4.69, 9.17) is 4.74 Å². The van der Waals surface area contributed by atoms with E-state index >= 15 is 0 Å². The Labute approximate surface area is 200 Å². The van der Waals surface area contributed by atoms with E-state index in [0.717, 1.165) is 0 Å².